The Morgan fingerprint density at radius 2 is 1.89 bits per heavy atom. The minimum absolute atomic E-state index is 0.0449. The molecule has 1 fully saturated rings. The number of halogens is 1. The molecule has 2 atom stereocenters. The lowest BCUT2D eigenvalue weighted by atomic mass is 9.86. The van der Waals surface area contributed by atoms with Crippen molar-refractivity contribution in [3.05, 3.63) is 0 Å². The summed E-state index contributed by atoms with van der Waals surface area (Å²) in [6.45, 7) is 10.3. The van der Waals surface area contributed by atoms with Crippen LogP contribution in [-0.2, 0) is 9.53 Å². The predicted molar refractivity (Wildman–Crippen MR) is 70.7 cm³/mol. The molecule has 1 rings (SSSR count). The third-order valence-corrected chi connectivity index (χ3v) is 3.26. The molecule has 0 aromatic heterocycles. The summed E-state index contributed by atoms with van der Waals surface area (Å²) in [6, 6.07) is 0. The fraction of sp³-hybridized carbons (Fsp3) is 0.857. The average Bonchev–Trinajstić information content (AvgIpc) is 2.51. The lowest BCUT2D eigenvalue weighted by Crippen LogP contribution is -2.53. The molecule has 0 spiro atoms. The number of rotatable bonds is 2. The van der Waals surface area contributed by atoms with Crippen molar-refractivity contribution < 1.29 is 18.7 Å². The van der Waals surface area contributed by atoms with Crippen LogP contribution >= 0.6 is 0 Å². The van der Waals surface area contributed by atoms with Gasteiger partial charge in [-0.15, -0.1) is 0 Å². The first-order valence-corrected chi connectivity index (χ1v) is 6.66. The van der Waals surface area contributed by atoms with Crippen molar-refractivity contribution in [3.8, 4) is 0 Å². The van der Waals surface area contributed by atoms with Gasteiger partial charge in [0.2, 0.25) is 0 Å². The first-order valence-electron chi connectivity index (χ1n) is 6.66. The van der Waals surface area contributed by atoms with Gasteiger partial charge in [-0.3, -0.25) is 9.69 Å². The van der Waals surface area contributed by atoms with E-state index in [0.717, 1.165) is 0 Å². The van der Waals surface area contributed by atoms with Crippen molar-refractivity contribution >= 4 is 11.9 Å². The molecule has 4 nitrogen and oxygen atoms in total. The molecule has 1 unspecified atom stereocenters. The number of amides is 1. The summed E-state index contributed by atoms with van der Waals surface area (Å²) in [5.41, 5.74) is -1.76. The summed E-state index contributed by atoms with van der Waals surface area (Å²) < 4.78 is 18.9. The SMILES string of the molecule is CC(C)C(=O)[C@]1(C)CC(F)CN1C(=O)OC(C)(C)C. The molecule has 1 heterocycles. The third-order valence-electron chi connectivity index (χ3n) is 3.26. The highest BCUT2D eigenvalue weighted by atomic mass is 19.1. The van der Waals surface area contributed by atoms with Gasteiger partial charge < -0.3 is 4.74 Å². The summed E-state index contributed by atoms with van der Waals surface area (Å²) in [7, 11) is 0. The molecule has 0 aliphatic carbocycles. The molecule has 1 aliphatic rings. The van der Waals surface area contributed by atoms with E-state index in [2.05, 4.69) is 0 Å². The summed E-state index contributed by atoms with van der Waals surface area (Å²) >= 11 is 0. The Morgan fingerprint density at radius 3 is 2.32 bits per heavy atom. The number of alkyl halides is 1. The van der Waals surface area contributed by atoms with E-state index in [1.165, 1.54) is 4.90 Å². The molecule has 0 aromatic carbocycles. The molecule has 1 saturated heterocycles. The van der Waals surface area contributed by atoms with Crippen LogP contribution in [0, 0.1) is 5.92 Å². The highest BCUT2D eigenvalue weighted by Gasteiger charge is 2.51. The van der Waals surface area contributed by atoms with Crippen LogP contribution in [0.2, 0.25) is 0 Å². The molecule has 0 saturated carbocycles. The molecule has 110 valence electrons. The van der Waals surface area contributed by atoms with Crippen molar-refractivity contribution in [2.75, 3.05) is 6.54 Å². The number of carbonyl (C=O) groups excluding carboxylic acids is 2. The maximum atomic E-state index is 13.7. The zero-order chi connectivity index (χ0) is 15.0. The van der Waals surface area contributed by atoms with Gasteiger partial charge in [0.1, 0.15) is 17.3 Å². The van der Waals surface area contributed by atoms with Crippen LogP contribution in [-0.4, -0.2) is 40.6 Å². The Bertz CT molecular complexity index is 375. The zero-order valence-corrected chi connectivity index (χ0v) is 12.6. The molecule has 0 N–H and O–H groups in total. The Morgan fingerprint density at radius 1 is 1.37 bits per heavy atom. The van der Waals surface area contributed by atoms with Crippen LogP contribution in [0.1, 0.15) is 48.0 Å². The van der Waals surface area contributed by atoms with Crippen LogP contribution in [0.15, 0.2) is 0 Å². The first-order chi connectivity index (χ1) is 8.47. The second-order valence-corrected chi connectivity index (χ2v) is 6.69. The molecule has 0 aromatic rings. The van der Waals surface area contributed by atoms with Gasteiger partial charge in [0.05, 0.1) is 6.54 Å². The Hall–Kier alpha value is -1.13. The molecule has 19 heavy (non-hydrogen) atoms. The van der Waals surface area contributed by atoms with E-state index in [9.17, 15) is 14.0 Å². The number of carbonyl (C=O) groups is 2. The summed E-state index contributed by atoms with van der Waals surface area (Å²) in [4.78, 5) is 25.7. The van der Waals surface area contributed by atoms with E-state index in [1.54, 1.807) is 41.5 Å². The normalized spacial score (nSPS) is 27.8. The van der Waals surface area contributed by atoms with Crippen molar-refractivity contribution in [2.45, 2.75) is 65.3 Å². The Labute approximate surface area is 114 Å². The van der Waals surface area contributed by atoms with Crippen LogP contribution in [0.3, 0.4) is 0 Å². The van der Waals surface area contributed by atoms with Crippen LogP contribution in [0.5, 0.6) is 0 Å². The minimum Gasteiger partial charge on any atom is -0.444 e. The number of likely N-dealkylation sites (tertiary alicyclic amines) is 1. The summed E-state index contributed by atoms with van der Waals surface area (Å²) in [6.07, 6.45) is -1.76. The monoisotopic (exact) mass is 273 g/mol. The second-order valence-electron chi connectivity index (χ2n) is 6.69. The van der Waals surface area contributed by atoms with E-state index in [-0.39, 0.29) is 24.7 Å². The minimum atomic E-state index is -1.18. The number of Topliss-reactive ketones (excluding diaryl/α,β-unsaturated/α-hetero) is 1. The van der Waals surface area contributed by atoms with Gasteiger partial charge in [-0.25, -0.2) is 9.18 Å². The Balaban J connectivity index is 2.97. The molecule has 0 radical (unpaired) electrons. The number of nitrogens with zero attached hydrogens (tertiary/aromatic N) is 1. The number of ether oxygens (including phenoxy) is 1. The molecule has 1 amide bonds. The van der Waals surface area contributed by atoms with Gasteiger partial charge in [-0.1, -0.05) is 13.8 Å². The van der Waals surface area contributed by atoms with E-state index < -0.39 is 23.4 Å². The molecular formula is C14H24FNO3. The molecular weight excluding hydrogens is 249 g/mol. The van der Waals surface area contributed by atoms with Gasteiger partial charge in [0, 0.05) is 12.3 Å². The number of ketones is 1. The Kier molecular flexibility index (Phi) is 4.27. The maximum absolute atomic E-state index is 13.7. The lowest BCUT2D eigenvalue weighted by Gasteiger charge is -2.35. The van der Waals surface area contributed by atoms with E-state index in [4.69, 9.17) is 4.74 Å². The molecule has 0 bridgehead atoms. The summed E-state index contributed by atoms with van der Waals surface area (Å²) in [5, 5.41) is 0. The van der Waals surface area contributed by atoms with Crippen LogP contribution in [0.25, 0.3) is 0 Å². The molecule has 5 heteroatoms. The number of hydrogen-bond donors (Lipinski definition) is 0. The second kappa shape index (κ2) is 5.10. The smallest absolute Gasteiger partial charge is 0.411 e. The van der Waals surface area contributed by atoms with Gasteiger partial charge in [-0.05, 0) is 27.7 Å². The first kappa shape index (κ1) is 15.9. The van der Waals surface area contributed by atoms with Crippen molar-refractivity contribution in [1.82, 2.24) is 4.90 Å². The fourth-order valence-electron chi connectivity index (χ4n) is 2.45. The van der Waals surface area contributed by atoms with Crippen LogP contribution in [0.4, 0.5) is 9.18 Å². The molecule has 1 aliphatic heterocycles. The van der Waals surface area contributed by atoms with Gasteiger partial charge >= 0.3 is 6.09 Å². The van der Waals surface area contributed by atoms with E-state index >= 15 is 0 Å². The number of hydrogen-bond acceptors (Lipinski definition) is 3. The standard InChI is InChI=1S/C14H24FNO3/c1-9(2)11(17)14(6)7-10(15)8-16(14)12(18)19-13(3,4)5/h9-10H,7-8H2,1-6H3/t10?,14-/m0/s1. The topological polar surface area (TPSA) is 46.6 Å². The fourth-order valence-corrected chi connectivity index (χ4v) is 2.45. The largest absolute Gasteiger partial charge is 0.444 e. The van der Waals surface area contributed by atoms with Gasteiger partial charge in [0.25, 0.3) is 0 Å². The third kappa shape index (κ3) is 3.45. The maximum Gasteiger partial charge on any atom is 0.411 e. The predicted octanol–water partition coefficient (Wildman–Crippen LogP) is 2.95. The average molecular weight is 273 g/mol. The van der Waals surface area contributed by atoms with Gasteiger partial charge in [0.15, 0.2) is 5.78 Å². The highest BCUT2D eigenvalue weighted by molar-refractivity contribution is 5.93. The van der Waals surface area contributed by atoms with Crippen molar-refractivity contribution in [2.24, 2.45) is 5.92 Å². The highest BCUT2D eigenvalue weighted by Crippen LogP contribution is 2.35. The lowest BCUT2D eigenvalue weighted by molar-refractivity contribution is -0.131. The van der Waals surface area contributed by atoms with Crippen LogP contribution < -0.4 is 0 Å². The van der Waals surface area contributed by atoms with Gasteiger partial charge in [-0.2, -0.15) is 0 Å². The van der Waals surface area contributed by atoms with Crippen molar-refractivity contribution in [3.63, 3.8) is 0 Å². The van der Waals surface area contributed by atoms with E-state index in [0.29, 0.717) is 0 Å². The zero-order valence-electron chi connectivity index (χ0n) is 12.6. The summed E-state index contributed by atoms with van der Waals surface area (Å²) in [5.74, 6) is -0.376. The van der Waals surface area contributed by atoms with E-state index in [1.807, 2.05) is 0 Å². The van der Waals surface area contributed by atoms with Crippen molar-refractivity contribution in [1.29, 1.82) is 0 Å². The quantitative estimate of drug-likeness (QED) is 0.777.